The van der Waals surface area contributed by atoms with Crippen molar-refractivity contribution in [2.24, 2.45) is 0 Å². The average molecular weight is 338 g/mol. The molecule has 136 valence electrons. The molecule has 0 aromatic rings. The number of carbonyl (C=O) groups excluding carboxylic acids is 1. The van der Waals surface area contributed by atoms with Crippen molar-refractivity contribution in [1.82, 2.24) is 9.80 Å². The first-order valence-electron chi connectivity index (χ1n) is 8.65. The number of morpholine rings is 1. The maximum Gasteiger partial charge on any atom is 0.410 e. The molecule has 6 nitrogen and oxygen atoms in total. The van der Waals surface area contributed by atoms with E-state index in [0.29, 0.717) is 26.2 Å². The van der Waals surface area contributed by atoms with E-state index in [1.54, 1.807) is 4.90 Å². The second-order valence-corrected chi connectivity index (χ2v) is 7.67. The molecule has 0 radical (unpaired) electrons. The molecular formula is C18H30N2O4. The summed E-state index contributed by atoms with van der Waals surface area (Å²) in [6.45, 7) is 10.9. The smallest absolute Gasteiger partial charge is 0.410 e. The Kier molecular flexibility index (Phi) is 6.13. The summed E-state index contributed by atoms with van der Waals surface area (Å²) in [7, 11) is 0. The van der Waals surface area contributed by atoms with Crippen molar-refractivity contribution in [3.8, 4) is 11.8 Å². The van der Waals surface area contributed by atoms with Crippen molar-refractivity contribution in [2.45, 2.75) is 57.8 Å². The Bertz CT molecular complexity index is 495. The van der Waals surface area contributed by atoms with Crippen LogP contribution < -0.4 is 0 Å². The highest BCUT2D eigenvalue weighted by Crippen LogP contribution is 2.32. The van der Waals surface area contributed by atoms with E-state index in [1.165, 1.54) is 0 Å². The van der Waals surface area contributed by atoms with Gasteiger partial charge in [0, 0.05) is 26.2 Å². The third-order valence-electron chi connectivity index (χ3n) is 4.40. The second-order valence-electron chi connectivity index (χ2n) is 7.67. The Labute approximate surface area is 145 Å². The Balaban J connectivity index is 1.96. The van der Waals surface area contributed by atoms with Gasteiger partial charge in [-0.15, -0.1) is 5.92 Å². The number of nitrogens with zero attached hydrogens (tertiary/aromatic N) is 2. The van der Waals surface area contributed by atoms with Crippen LogP contribution in [0.3, 0.4) is 0 Å². The topological polar surface area (TPSA) is 62.2 Å². The number of rotatable bonds is 2. The fourth-order valence-corrected chi connectivity index (χ4v) is 3.29. The maximum absolute atomic E-state index is 12.2. The minimum atomic E-state index is -0.481. The fraction of sp³-hybridized carbons (Fsp3) is 0.833. The highest BCUT2D eigenvalue weighted by Gasteiger charge is 2.43. The number of piperidine rings is 1. The molecular weight excluding hydrogens is 308 g/mol. The third kappa shape index (κ3) is 5.10. The van der Waals surface area contributed by atoms with Gasteiger partial charge in [-0.2, -0.15) is 0 Å². The second kappa shape index (κ2) is 7.73. The maximum atomic E-state index is 12.2. The van der Waals surface area contributed by atoms with Crippen molar-refractivity contribution < 1.29 is 19.4 Å². The van der Waals surface area contributed by atoms with Crippen LogP contribution in [0.4, 0.5) is 4.79 Å². The van der Waals surface area contributed by atoms with Crippen LogP contribution in [0.25, 0.3) is 0 Å². The minimum Gasteiger partial charge on any atom is -0.444 e. The van der Waals surface area contributed by atoms with Gasteiger partial charge < -0.3 is 19.5 Å². The molecule has 0 aliphatic carbocycles. The highest BCUT2D eigenvalue weighted by atomic mass is 16.6. The van der Waals surface area contributed by atoms with Crippen molar-refractivity contribution in [1.29, 1.82) is 0 Å². The van der Waals surface area contributed by atoms with E-state index in [1.807, 2.05) is 27.7 Å². The number of hydrogen-bond donors (Lipinski definition) is 1. The Morgan fingerprint density at radius 3 is 2.58 bits per heavy atom. The van der Waals surface area contributed by atoms with E-state index in [9.17, 15) is 9.90 Å². The van der Waals surface area contributed by atoms with Gasteiger partial charge in [0.15, 0.2) is 0 Å². The molecule has 0 aromatic heterocycles. The highest BCUT2D eigenvalue weighted by molar-refractivity contribution is 5.68. The molecule has 2 aliphatic rings. The normalized spacial score (nSPS) is 24.4. The monoisotopic (exact) mass is 338 g/mol. The van der Waals surface area contributed by atoms with E-state index in [-0.39, 0.29) is 24.4 Å². The molecule has 0 bridgehead atoms. The number of carbonyl (C=O) groups is 1. The van der Waals surface area contributed by atoms with Gasteiger partial charge in [-0.1, -0.05) is 5.92 Å². The zero-order valence-corrected chi connectivity index (χ0v) is 15.3. The Hall–Kier alpha value is -1.29. The van der Waals surface area contributed by atoms with Gasteiger partial charge in [0.1, 0.15) is 5.60 Å². The first-order chi connectivity index (χ1) is 11.3. The quantitative estimate of drug-likeness (QED) is 0.773. The molecule has 2 heterocycles. The fourth-order valence-electron chi connectivity index (χ4n) is 3.29. The summed E-state index contributed by atoms with van der Waals surface area (Å²) in [6.07, 6.45) is 1.04. The van der Waals surface area contributed by atoms with Crippen LogP contribution in [0.5, 0.6) is 0 Å². The summed E-state index contributed by atoms with van der Waals surface area (Å²) in [6, 6.07) is 0. The van der Waals surface area contributed by atoms with E-state index in [4.69, 9.17) is 9.47 Å². The predicted molar refractivity (Wildman–Crippen MR) is 91.6 cm³/mol. The number of ether oxygens (including phenoxy) is 2. The van der Waals surface area contributed by atoms with E-state index in [2.05, 4.69) is 16.7 Å². The molecule has 2 aliphatic heterocycles. The molecule has 0 aromatic carbocycles. The number of amides is 1. The zero-order valence-electron chi connectivity index (χ0n) is 15.3. The number of likely N-dealkylation sites (tertiary alicyclic amines) is 1. The Morgan fingerprint density at radius 2 is 2.04 bits per heavy atom. The molecule has 1 unspecified atom stereocenters. The first kappa shape index (κ1) is 19.0. The summed E-state index contributed by atoms with van der Waals surface area (Å²) in [4.78, 5) is 16.2. The lowest BCUT2D eigenvalue weighted by molar-refractivity contribution is -0.181. The van der Waals surface area contributed by atoms with Crippen LogP contribution in [0, 0.1) is 11.8 Å². The summed E-state index contributed by atoms with van der Waals surface area (Å²) in [5.41, 5.74) is -0.787. The van der Waals surface area contributed by atoms with Crippen LogP contribution in [-0.4, -0.2) is 77.6 Å². The molecule has 0 saturated carbocycles. The molecule has 1 N–H and O–H groups in total. The lowest BCUT2D eigenvalue weighted by Gasteiger charge is -2.49. The Morgan fingerprint density at radius 1 is 1.38 bits per heavy atom. The van der Waals surface area contributed by atoms with Gasteiger partial charge >= 0.3 is 6.09 Å². The summed E-state index contributed by atoms with van der Waals surface area (Å²) >= 11 is 0. The molecule has 1 amide bonds. The molecule has 24 heavy (non-hydrogen) atoms. The van der Waals surface area contributed by atoms with Crippen LogP contribution >= 0.6 is 0 Å². The van der Waals surface area contributed by atoms with Crippen molar-refractivity contribution in [3.05, 3.63) is 0 Å². The minimum absolute atomic E-state index is 0.00752. The van der Waals surface area contributed by atoms with Gasteiger partial charge in [0.05, 0.1) is 24.9 Å². The largest absolute Gasteiger partial charge is 0.444 e. The molecule has 1 atom stereocenters. The van der Waals surface area contributed by atoms with Crippen LogP contribution in [0.2, 0.25) is 0 Å². The summed E-state index contributed by atoms with van der Waals surface area (Å²) in [5, 5.41) is 9.54. The third-order valence-corrected chi connectivity index (χ3v) is 4.40. The average Bonchev–Trinajstić information content (AvgIpc) is 2.51. The number of aliphatic hydroxyl groups excluding tert-OH is 1. The zero-order chi connectivity index (χ0) is 17.8. The van der Waals surface area contributed by atoms with Crippen LogP contribution in [0.1, 0.15) is 40.5 Å². The number of aliphatic hydroxyl groups is 1. The summed E-state index contributed by atoms with van der Waals surface area (Å²) < 4.78 is 11.6. The lowest BCUT2D eigenvalue weighted by Crippen LogP contribution is -2.60. The van der Waals surface area contributed by atoms with E-state index >= 15 is 0 Å². The predicted octanol–water partition coefficient (Wildman–Crippen LogP) is 1.47. The van der Waals surface area contributed by atoms with Crippen molar-refractivity contribution >= 4 is 6.09 Å². The number of hydrogen-bond acceptors (Lipinski definition) is 5. The SMILES string of the molecule is CC#CCN1CC(CO)OC2(CCN(C(=O)OC(C)(C)C)CC2)C1. The molecule has 2 rings (SSSR count). The molecule has 6 heteroatoms. The van der Waals surface area contributed by atoms with E-state index in [0.717, 1.165) is 19.4 Å². The standard InChI is InChI=1S/C18H30N2O4/c1-5-6-9-19-12-15(13-21)23-18(14-19)7-10-20(11-8-18)16(22)24-17(2,3)4/h15,21H,7-14H2,1-4H3. The molecule has 2 saturated heterocycles. The van der Waals surface area contributed by atoms with Gasteiger partial charge in [0.25, 0.3) is 0 Å². The first-order valence-corrected chi connectivity index (χ1v) is 8.65. The van der Waals surface area contributed by atoms with Crippen LogP contribution in [0.15, 0.2) is 0 Å². The van der Waals surface area contributed by atoms with Crippen molar-refractivity contribution in [3.63, 3.8) is 0 Å². The van der Waals surface area contributed by atoms with Gasteiger partial charge in [-0.3, -0.25) is 4.90 Å². The van der Waals surface area contributed by atoms with E-state index < -0.39 is 5.60 Å². The van der Waals surface area contributed by atoms with Crippen LogP contribution in [-0.2, 0) is 9.47 Å². The van der Waals surface area contributed by atoms with Gasteiger partial charge in [-0.05, 0) is 40.5 Å². The lowest BCUT2D eigenvalue weighted by atomic mass is 9.88. The van der Waals surface area contributed by atoms with Gasteiger partial charge in [0.2, 0.25) is 0 Å². The summed E-state index contributed by atoms with van der Waals surface area (Å²) in [5.74, 6) is 6.01. The van der Waals surface area contributed by atoms with Crippen molar-refractivity contribution in [2.75, 3.05) is 39.3 Å². The molecule has 1 spiro atoms. The molecule has 2 fully saturated rings. The van der Waals surface area contributed by atoms with Gasteiger partial charge in [-0.25, -0.2) is 4.79 Å².